The number of halogens is 2. The molecule has 0 aromatic heterocycles. The summed E-state index contributed by atoms with van der Waals surface area (Å²) in [5.41, 5.74) is 0.523. The van der Waals surface area contributed by atoms with Crippen molar-refractivity contribution in [2.45, 2.75) is 16.7 Å². The number of hydrogen-bond acceptors (Lipinski definition) is 4. The van der Waals surface area contributed by atoms with Gasteiger partial charge in [0.25, 0.3) is 0 Å². The summed E-state index contributed by atoms with van der Waals surface area (Å²) in [6, 6.07) is 8.28. The van der Waals surface area contributed by atoms with Crippen LogP contribution >= 0.6 is 23.5 Å². The molecule has 2 aromatic carbocycles. The first-order valence-electron chi connectivity index (χ1n) is 7.13. The summed E-state index contributed by atoms with van der Waals surface area (Å²) in [5.74, 6) is -1.28. The van der Waals surface area contributed by atoms with E-state index >= 15 is 0 Å². The molecule has 2 nitrogen and oxygen atoms in total. The molecule has 2 rings (SSSR count). The first kappa shape index (κ1) is 19.1. The molecule has 0 aliphatic rings. The summed E-state index contributed by atoms with van der Waals surface area (Å²) in [6.07, 6.45) is 1.14. The summed E-state index contributed by atoms with van der Waals surface area (Å²) in [6.45, 7) is 8.47. The maximum absolute atomic E-state index is 14.3. The molecule has 0 unspecified atom stereocenters. The Morgan fingerprint density at radius 2 is 1.44 bits per heavy atom. The first-order valence-corrected chi connectivity index (χ1v) is 8.76. The van der Waals surface area contributed by atoms with E-state index in [0.29, 0.717) is 15.4 Å². The molecule has 0 spiro atoms. The highest BCUT2D eigenvalue weighted by molar-refractivity contribution is 8.14. The van der Waals surface area contributed by atoms with Gasteiger partial charge in [0.1, 0.15) is 11.6 Å². The van der Waals surface area contributed by atoms with Crippen molar-refractivity contribution in [3.8, 4) is 11.1 Å². The van der Waals surface area contributed by atoms with Crippen molar-refractivity contribution < 1.29 is 18.4 Å². The molecule has 128 valence electrons. The second kappa shape index (κ2) is 8.27. The Morgan fingerprint density at radius 3 is 1.84 bits per heavy atom. The molecule has 0 bridgehead atoms. The van der Waals surface area contributed by atoms with Crippen molar-refractivity contribution in [2.24, 2.45) is 0 Å². The van der Waals surface area contributed by atoms with Gasteiger partial charge in [-0.15, -0.1) is 0 Å². The number of rotatable bonds is 5. The fourth-order valence-electron chi connectivity index (χ4n) is 1.91. The summed E-state index contributed by atoms with van der Waals surface area (Å²) in [4.78, 5) is 23.8. The number of carbonyl (C=O) groups excluding carboxylic acids is 2. The van der Waals surface area contributed by atoms with Crippen molar-refractivity contribution in [3.05, 3.63) is 72.8 Å². The van der Waals surface area contributed by atoms with Gasteiger partial charge in [0, 0.05) is 20.9 Å². The minimum Gasteiger partial charge on any atom is -0.282 e. The second-order valence-electron chi connectivity index (χ2n) is 5.08. The smallest absolute Gasteiger partial charge is 0.219 e. The van der Waals surface area contributed by atoms with E-state index < -0.39 is 11.6 Å². The molecule has 0 radical (unpaired) electrons. The maximum atomic E-state index is 14.3. The van der Waals surface area contributed by atoms with Crippen LogP contribution in [0.15, 0.2) is 71.0 Å². The monoisotopic (exact) mass is 376 g/mol. The summed E-state index contributed by atoms with van der Waals surface area (Å²) < 4.78 is 28.6. The number of carbonyl (C=O) groups is 2. The summed E-state index contributed by atoms with van der Waals surface area (Å²) in [5, 5.41) is -0.562. The molecule has 25 heavy (non-hydrogen) atoms. The van der Waals surface area contributed by atoms with Crippen LogP contribution in [0.25, 0.3) is 11.1 Å². The van der Waals surface area contributed by atoms with Crippen molar-refractivity contribution in [3.63, 3.8) is 0 Å². The molecular formula is C19H14F2O2S2. The van der Waals surface area contributed by atoms with Gasteiger partial charge in [-0.3, -0.25) is 9.59 Å². The average molecular weight is 376 g/mol. The van der Waals surface area contributed by atoms with E-state index in [4.69, 9.17) is 0 Å². The molecule has 2 aromatic rings. The number of thioether (sulfide) groups is 2. The van der Waals surface area contributed by atoms with Crippen LogP contribution in [0.2, 0.25) is 0 Å². The van der Waals surface area contributed by atoms with Crippen LogP contribution in [-0.2, 0) is 9.59 Å². The fourth-order valence-corrected chi connectivity index (χ4v) is 3.21. The topological polar surface area (TPSA) is 34.1 Å². The van der Waals surface area contributed by atoms with Gasteiger partial charge in [0.15, 0.2) is 0 Å². The van der Waals surface area contributed by atoms with Gasteiger partial charge >= 0.3 is 0 Å². The van der Waals surface area contributed by atoms with Gasteiger partial charge in [-0.05, 0) is 66.4 Å². The molecule has 0 N–H and O–H groups in total. The zero-order valence-electron chi connectivity index (χ0n) is 13.3. The zero-order valence-corrected chi connectivity index (χ0v) is 15.0. The van der Waals surface area contributed by atoms with Gasteiger partial charge in [-0.25, -0.2) is 8.78 Å². The van der Waals surface area contributed by atoms with Crippen LogP contribution in [0.1, 0.15) is 6.92 Å². The van der Waals surface area contributed by atoms with Crippen molar-refractivity contribution in [1.29, 1.82) is 0 Å². The lowest BCUT2D eigenvalue weighted by Gasteiger charge is -2.08. The second-order valence-corrected chi connectivity index (χ2v) is 7.20. The Kier molecular flexibility index (Phi) is 6.33. The lowest BCUT2D eigenvalue weighted by atomic mass is 10.0. The lowest BCUT2D eigenvalue weighted by Crippen LogP contribution is -1.94. The van der Waals surface area contributed by atoms with Crippen LogP contribution in [-0.4, -0.2) is 10.2 Å². The minimum absolute atomic E-state index is 0.0793. The Bertz CT molecular complexity index is 876. The van der Waals surface area contributed by atoms with Gasteiger partial charge in [0.2, 0.25) is 10.2 Å². The Balaban J connectivity index is 2.29. The Labute approximate surface area is 153 Å². The molecule has 0 saturated heterocycles. The van der Waals surface area contributed by atoms with Gasteiger partial charge in [0.05, 0.1) is 0 Å². The van der Waals surface area contributed by atoms with Gasteiger partial charge in [-0.2, -0.15) is 0 Å². The first-order chi connectivity index (χ1) is 11.8. The molecule has 0 aliphatic heterocycles. The van der Waals surface area contributed by atoms with Gasteiger partial charge < -0.3 is 0 Å². The average Bonchev–Trinajstić information content (AvgIpc) is 2.55. The molecule has 0 heterocycles. The molecule has 0 aliphatic carbocycles. The van der Waals surface area contributed by atoms with Crippen molar-refractivity contribution in [2.75, 3.05) is 0 Å². The van der Waals surface area contributed by atoms with Crippen molar-refractivity contribution in [1.82, 2.24) is 0 Å². The highest BCUT2D eigenvalue weighted by Gasteiger charge is 2.14. The predicted octanol–water partition coefficient (Wildman–Crippen LogP) is 5.63. The maximum Gasteiger partial charge on any atom is 0.219 e. The predicted molar refractivity (Wildman–Crippen MR) is 98.5 cm³/mol. The van der Waals surface area contributed by atoms with E-state index in [9.17, 15) is 18.4 Å². The van der Waals surface area contributed by atoms with Gasteiger partial charge in [-0.1, -0.05) is 25.3 Å². The third-order valence-corrected chi connectivity index (χ3v) is 5.00. The molecule has 0 fully saturated rings. The quantitative estimate of drug-likeness (QED) is 0.500. The van der Waals surface area contributed by atoms with E-state index in [1.54, 1.807) is 13.0 Å². The Morgan fingerprint density at radius 1 is 0.960 bits per heavy atom. The summed E-state index contributed by atoms with van der Waals surface area (Å²) in [7, 11) is 0. The fraction of sp³-hybridized carbons (Fsp3) is 0.0526. The Hall–Kier alpha value is -2.18. The van der Waals surface area contributed by atoms with Crippen LogP contribution in [0.5, 0.6) is 0 Å². The third kappa shape index (κ3) is 4.90. The van der Waals surface area contributed by atoms with Crippen LogP contribution < -0.4 is 0 Å². The zero-order chi connectivity index (χ0) is 18.6. The number of benzene rings is 2. The van der Waals surface area contributed by atoms with E-state index in [1.807, 2.05) is 0 Å². The van der Waals surface area contributed by atoms with E-state index in [0.717, 1.165) is 29.6 Å². The normalized spacial score (nSPS) is 10.4. The van der Waals surface area contributed by atoms with E-state index in [-0.39, 0.29) is 21.4 Å². The van der Waals surface area contributed by atoms with E-state index in [1.165, 1.54) is 30.3 Å². The number of hydrogen-bond donors (Lipinski definition) is 0. The SMILES string of the molecule is C=CC(=O)Sc1ccc(-c2ccc(SC(=O)C(=C)C)cc2F)c(F)c1. The molecule has 0 atom stereocenters. The molecular weight excluding hydrogens is 362 g/mol. The van der Waals surface area contributed by atoms with Crippen molar-refractivity contribution >= 4 is 33.8 Å². The third-order valence-electron chi connectivity index (χ3n) is 3.12. The molecule has 0 saturated carbocycles. The van der Waals surface area contributed by atoms with E-state index in [2.05, 4.69) is 13.2 Å². The molecule has 6 heteroatoms. The van der Waals surface area contributed by atoms with Crippen LogP contribution in [0.3, 0.4) is 0 Å². The standard InChI is InChI=1S/C19H14F2O2S2/c1-4-18(22)24-12-5-7-14(16(20)9-12)15-8-6-13(10-17(15)21)25-19(23)11(2)3/h4-10H,1-2H2,3H3. The molecule has 0 amide bonds. The minimum atomic E-state index is -0.640. The highest BCUT2D eigenvalue weighted by atomic mass is 32.2. The van der Waals surface area contributed by atoms with Crippen LogP contribution in [0, 0.1) is 11.6 Å². The lowest BCUT2D eigenvalue weighted by molar-refractivity contribution is -0.108. The summed E-state index contributed by atoms with van der Waals surface area (Å²) >= 11 is 1.70. The highest BCUT2D eigenvalue weighted by Crippen LogP contribution is 2.32. The van der Waals surface area contributed by atoms with Crippen LogP contribution in [0.4, 0.5) is 8.78 Å². The largest absolute Gasteiger partial charge is 0.282 e.